The number of aromatic nitrogens is 2. The Morgan fingerprint density at radius 3 is 2.94 bits per heavy atom. The van der Waals surface area contributed by atoms with Crippen LogP contribution in [0.4, 0.5) is 4.39 Å². The Morgan fingerprint density at radius 2 is 2.29 bits per heavy atom. The molecule has 0 bridgehead atoms. The third-order valence-electron chi connectivity index (χ3n) is 2.66. The average Bonchev–Trinajstić information content (AvgIpc) is 2.77. The number of benzene rings is 1. The minimum Gasteiger partial charge on any atom is -0.323 e. The van der Waals surface area contributed by atoms with E-state index in [1.165, 1.54) is 6.07 Å². The number of nitrogens with zero attached hydrogens (tertiary/aromatic N) is 2. The summed E-state index contributed by atoms with van der Waals surface area (Å²) in [6.07, 6.45) is 4.04. The lowest BCUT2D eigenvalue weighted by Gasteiger charge is -2.13. The van der Waals surface area contributed by atoms with Crippen LogP contribution in [-0.4, -0.2) is 9.55 Å². The number of rotatable bonds is 3. The predicted octanol–water partition coefficient (Wildman–Crippen LogP) is 3.18. The first-order valence-corrected chi connectivity index (χ1v) is 6.16. The zero-order chi connectivity index (χ0) is 12.4. The normalized spacial score (nSPS) is 12.7. The van der Waals surface area contributed by atoms with Crippen LogP contribution < -0.4 is 5.73 Å². The molecule has 0 saturated carbocycles. The van der Waals surface area contributed by atoms with E-state index in [0.29, 0.717) is 10.2 Å². The fourth-order valence-electron chi connectivity index (χ4n) is 1.67. The molecule has 1 aromatic carbocycles. The van der Waals surface area contributed by atoms with Gasteiger partial charge in [0, 0.05) is 10.5 Å². The molecule has 3 nitrogen and oxygen atoms in total. The first-order valence-electron chi connectivity index (χ1n) is 5.36. The second-order valence-corrected chi connectivity index (χ2v) is 4.71. The summed E-state index contributed by atoms with van der Waals surface area (Å²) in [7, 11) is 0. The summed E-state index contributed by atoms with van der Waals surface area (Å²) >= 11 is 3.23. The van der Waals surface area contributed by atoms with Crippen LogP contribution in [0.3, 0.4) is 0 Å². The van der Waals surface area contributed by atoms with Crippen molar-refractivity contribution >= 4 is 15.9 Å². The van der Waals surface area contributed by atoms with Crippen molar-refractivity contribution in [3.63, 3.8) is 0 Å². The van der Waals surface area contributed by atoms with Crippen LogP contribution in [0.15, 0.2) is 35.2 Å². The zero-order valence-corrected chi connectivity index (χ0v) is 11.0. The molecule has 2 N–H and O–H groups in total. The summed E-state index contributed by atoms with van der Waals surface area (Å²) in [4.78, 5) is 4.04. The van der Waals surface area contributed by atoms with Crippen LogP contribution in [0.1, 0.15) is 25.1 Å². The van der Waals surface area contributed by atoms with Gasteiger partial charge in [-0.05, 0) is 24.6 Å². The lowest BCUT2D eigenvalue weighted by Crippen LogP contribution is -2.14. The molecule has 0 unspecified atom stereocenters. The second kappa shape index (κ2) is 4.98. The summed E-state index contributed by atoms with van der Waals surface area (Å²) in [5, 5.41) is 0. The van der Waals surface area contributed by atoms with Crippen molar-refractivity contribution in [3.8, 4) is 5.69 Å². The van der Waals surface area contributed by atoms with Crippen LogP contribution in [0.5, 0.6) is 0 Å². The number of hydrogen-bond acceptors (Lipinski definition) is 2. The summed E-state index contributed by atoms with van der Waals surface area (Å²) in [5.41, 5.74) is 7.24. The van der Waals surface area contributed by atoms with Gasteiger partial charge in [0.15, 0.2) is 0 Å². The van der Waals surface area contributed by atoms with E-state index in [2.05, 4.69) is 20.9 Å². The highest BCUT2D eigenvalue weighted by Gasteiger charge is 2.13. The lowest BCUT2D eigenvalue weighted by atomic mass is 10.2. The quantitative estimate of drug-likeness (QED) is 0.945. The fraction of sp³-hybridized carbons (Fsp3) is 0.250. The van der Waals surface area contributed by atoms with Crippen LogP contribution in [0.25, 0.3) is 5.69 Å². The monoisotopic (exact) mass is 297 g/mol. The molecule has 2 aromatic rings. The largest absolute Gasteiger partial charge is 0.323 e. The van der Waals surface area contributed by atoms with Crippen LogP contribution in [0.2, 0.25) is 0 Å². The van der Waals surface area contributed by atoms with Gasteiger partial charge in [-0.15, -0.1) is 0 Å². The molecule has 0 aliphatic heterocycles. The van der Waals surface area contributed by atoms with Gasteiger partial charge in [0.25, 0.3) is 0 Å². The highest BCUT2D eigenvalue weighted by molar-refractivity contribution is 9.10. The number of nitrogens with two attached hydrogens (primary N) is 1. The van der Waals surface area contributed by atoms with Crippen molar-refractivity contribution in [1.82, 2.24) is 9.55 Å². The summed E-state index contributed by atoms with van der Waals surface area (Å²) < 4.78 is 16.2. The SMILES string of the molecule is CC[C@@H](N)c1cncn1-c1ccc(Br)cc1F. The van der Waals surface area contributed by atoms with E-state index in [9.17, 15) is 4.39 Å². The first-order chi connectivity index (χ1) is 8.13. The third-order valence-corrected chi connectivity index (χ3v) is 3.15. The fourth-order valence-corrected chi connectivity index (χ4v) is 2.00. The van der Waals surface area contributed by atoms with Gasteiger partial charge in [-0.2, -0.15) is 0 Å². The van der Waals surface area contributed by atoms with E-state index < -0.39 is 0 Å². The van der Waals surface area contributed by atoms with E-state index in [1.807, 2.05) is 6.92 Å². The molecule has 1 aromatic heterocycles. The Bertz CT molecular complexity index is 524. The molecule has 90 valence electrons. The van der Waals surface area contributed by atoms with Gasteiger partial charge in [-0.3, -0.25) is 4.57 Å². The Hall–Kier alpha value is -1.20. The molecule has 0 aliphatic carbocycles. The van der Waals surface area contributed by atoms with Crippen molar-refractivity contribution < 1.29 is 4.39 Å². The standard InChI is InChI=1S/C12H13BrFN3/c1-2-10(15)12-6-16-7-17(12)11-4-3-8(13)5-9(11)14/h3-7,10H,2,15H2,1H3/t10-/m1/s1. The van der Waals surface area contributed by atoms with Crippen molar-refractivity contribution in [1.29, 1.82) is 0 Å². The van der Waals surface area contributed by atoms with Crippen LogP contribution >= 0.6 is 15.9 Å². The van der Waals surface area contributed by atoms with Crippen molar-refractivity contribution in [2.45, 2.75) is 19.4 Å². The Morgan fingerprint density at radius 1 is 1.53 bits per heavy atom. The number of halogens is 2. The topological polar surface area (TPSA) is 43.8 Å². The molecule has 0 spiro atoms. The summed E-state index contributed by atoms with van der Waals surface area (Å²) in [5.74, 6) is -0.304. The molecule has 0 aliphatic rings. The minimum atomic E-state index is -0.304. The highest BCUT2D eigenvalue weighted by Crippen LogP contribution is 2.22. The molecular formula is C12H13BrFN3. The zero-order valence-electron chi connectivity index (χ0n) is 9.40. The van der Waals surface area contributed by atoms with E-state index in [-0.39, 0.29) is 11.9 Å². The third kappa shape index (κ3) is 2.40. The van der Waals surface area contributed by atoms with Gasteiger partial charge in [-0.25, -0.2) is 9.37 Å². The van der Waals surface area contributed by atoms with E-state index in [0.717, 1.165) is 12.1 Å². The van der Waals surface area contributed by atoms with E-state index >= 15 is 0 Å². The molecule has 2 rings (SSSR count). The van der Waals surface area contributed by atoms with Crippen molar-refractivity contribution in [3.05, 3.63) is 46.7 Å². The molecule has 1 atom stereocenters. The molecule has 0 fully saturated rings. The molecule has 1 heterocycles. The van der Waals surface area contributed by atoms with Crippen LogP contribution in [0, 0.1) is 5.82 Å². The summed E-state index contributed by atoms with van der Waals surface area (Å²) in [6, 6.07) is 4.78. The Balaban J connectivity index is 2.50. The number of hydrogen-bond donors (Lipinski definition) is 1. The maximum absolute atomic E-state index is 13.8. The Labute approximate surface area is 108 Å². The van der Waals surface area contributed by atoms with E-state index in [4.69, 9.17) is 5.73 Å². The van der Waals surface area contributed by atoms with Gasteiger partial charge < -0.3 is 5.73 Å². The maximum Gasteiger partial charge on any atom is 0.148 e. The Kier molecular flexibility index (Phi) is 3.59. The van der Waals surface area contributed by atoms with Gasteiger partial charge in [0.1, 0.15) is 5.82 Å². The molecule has 0 amide bonds. The van der Waals surface area contributed by atoms with Gasteiger partial charge in [-0.1, -0.05) is 22.9 Å². The summed E-state index contributed by atoms with van der Waals surface area (Å²) in [6.45, 7) is 1.99. The lowest BCUT2D eigenvalue weighted by molar-refractivity contribution is 0.604. The van der Waals surface area contributed by atoms with Gasteiger partial charge in [0.05, 0.1) is 23.9 Å². The first kappa shape index (κ1) is 12.3. The minimum absolute atomic E-state index is 0.138. The highest BCUT2D eigenvalue weighted by atomic mass is 79.9. The molecule has 0 radical (unpaired) electrons. The van der Waals surface area contributed by atoms with Gasteiger partial charge >= 0.3 is 0 Å². The van der Waals surface area contributed by atoms with Gasteiger partial charge in [0.2, 0.25) is 0 Å². The van der Waals surface area contributed by atoms with E-state index in [1.54, 1.807) is 29.2 Å². The van der Waals surface area contributed by atoms with Crippen LogP contribution in [-0.2, 0) is 0 Å². The predicted molar refractivity (Wildman–Crippen MR) is 68.4 cm³/mol. The smallest absolute Gasteiger partial charge is 0.148 e. The maximum atomic E-state index is 13.8. The number of imidazole rings is 1. The molecular weight excluding hydrogens is 285 g/mol. The second-order valence-electron chi connectivity index (χ2n) is 3.80. The molecule has 5 heteroatoms. The molecule has 0 saturated heterocycles. The van der Waals surface area contributed by atoms with Crippen molar-refractivity contribution in [2.75, 3.05) is 0 Å². The van der Waals surface area contributed by atoms with Crippen molar-refractivity contribution in [2.24, 2.45) is 5.73 Å². The average molecular weight is 298 g/mol. The molecule has 17 heavy (non-hydrogen) atoms.